The maximum atomic E-state index is 13.2. The first kappa shape index (κ1) is 24.6. The lowest BCUT2D eigenvalue weighted by Crippen LogP contribution is -2.38. The molecular weight excluding hydrogens is 497 g/mol. The van der Waals surface area contributed by atoms with E-state index in [1.54, 1.807) is 24.3 Å². The van der Waals surface area contributed by atoms with Gasteiger partial charge in [-0.05, 0) is 61.2 Å². The van der Waals surface area contributed by atoms with Crippen molar-refractivity contribution in [2.75, 3.05) is 25.0 Å². The number of carbonyl (C=O) groups is 2. The third kappa shape index (κ3) is 5.36. The zero-order valence-corrected chi connectivity index (χ0v) is 21.2. The third-order valence-corrected chi connectivity index (χ3v) is 7.19. The van der Waals surface area contributed by atoms with Crippen LogP contribution in [0.5, 0.6) is 0 Å². The Hall–Kier alpha value is -3.06. The number of amides is 2. The molecule has 5 rings (SSSR count). The number of fused-ring (bicyclic) bond motifs is 1. The van der Waals surface area contributed by atoms with E-state index in [9.17, 15) is 9.59 Å². The van der Waals surface area contributed by atoms with Crippen LogP contribution >= 0.6 is 23.2 Å². The van der Waals surface area contributed by atoms with Gasteiger partial charge in [-0.3, -0.25) is 9.59 Å². The van der Waals surface area contributed by atoms with E-state index in [4.69, 9.17) is 27.9 Å². The standard InChI is InChI=1S/C28H27Cl2N3O3/c29-20-11-10-18(25(30)16-20)12-13-31-27(34)19-5-3-6-21(15-19)32-26-23-8-1-2-9-24(23)28(35)33(26)17-22-7-4-14-36-22/h1-3,5-6,8-11,15-16,22,26,32H,4,7,12-14,17H2,(H,31,34). The molecule has 186 valence electrons. The highest BCUT2D eigenvalue weighted by Crippen LogP contribution is 2.35. The van der Waals surface area contributed by atoms with Crippen molar-refractivity contribution in [1.82, 2.24) is 10.2 Å². The summed E-state index contributed by atoms with van der Waals surface area (Å²) in [6, 6.07) is 20.3. The van der Waals surface area contributed by atoms with E-state index in [0.29, 0.717) is 40.7 Å². The lowest BCUT2D eigenvalue weighted by molar-refractivity contribution is 0.0488. The summed E-state index contributed by atoms with van der Waals surface area (Å²) in [4.78, 5) is 27.9. The number of anilines is 1. The first-order chi connectivity index (χ1) is 17.5. The number of ether oxygens (including phenoxy) is 1. The minimum Gasteiger partial charge on any atom is -0.376 e. The fourth-order valence-corrected chi connectivity index (χ4v) is 5.27. The first-order valence-corrected chi connectivity index (χ1v) is 12.9. The number of halogens is 2. The largest absolute Gasteiger partial charge is 0.376 e. The second-order valence-corrected chi connectivity index (χ2v) is 9.89. The fraction of sp³-hybridized carbons (Fsp3) is 0.286. The molecule has 1 fully saturated rings. The van der Waals surface area contributed by atoms with Crippen LogP contribution < -0.4 is 10.6 Å². The lowest BCUT2D eigenvalue weighted by atomic mass is 10.1. The van der Waals surface area contributed by atoms with Crippen molar-refractivity contribution in [1.29, 1.82) is 0 Å². The number of hydrogen-bond acceptors (Lipinski definition) is 4. The molecule has 2 aliphatic heterocycles. The molecule has 8 heteroatoms. The fourth-order valence-electron chi connectivity index (χ4n) is 4.77. The average Bonchev–Trinajstić information content (AvgIpc) is 3.48. The lowest BCUT2D eigenvalue weighted by Gasteiger charge is -2.29. The monoisotopic (exact) mass is 523 g/mol. The van der Waals surface area contributed by atoms with E-state index in [1.165, 1.54) is 0 Å². The zero-order valence-electron chi connectivity index (χ0n) is 19.7. The molecule has 2 N–H and O–H groups in total. The summed E-state index contributed by atoms with van der Waals surface area (Å²) in [6.07, 6.45) is 2.27. The van der Waals surface area contributed by atoms with Gasteiger partial charge in [-0.2, -0.15) is 0 Å². The average molecular weight is 524 g/mol. The van der Waals surface area contributed by atoms with Gasteiger partial charge >= 0.3 is 0 Å². The summed E-state index contributed by atoms with van der Waals surface area (Å²) in [7, 11) is 0. The molecule has 2 amide bonds. The van der Waals surface area contributed by atoms with Gasteiger partial charge in [0.25, 0.3) is 11.8 Å². The molecular formula is C28H27Cl2N3O3. The van der Waals surface area contributed by atoms with Crippen molar-refractivity contribution < 1.29 is 14.3 Å². The highest BCUT2D eigenvalue weighted by atomic mass is 35.5. The molecule has 0 aromatic heterocycles. The molecule has 0 spiro atoms. The molecule has 0 aliphatic carbocycles. The summed E-state index contributed by atoms with van der Waals surface area (Å²) < 4.78 is 5.80. The van der Waals surface area contributed by atoms with Crippen LogP contribution in [0.15, 0.2) is 66.7 Å². The molecule has 2 aliphatic rings. The van der Waals surface area contributed by atoms with Gasteiger partial charge in [0, 0.05) is 52.1 Å². The van der Waals surface area contributed by atoms with Crippen LogP contribution in [0.3, 0.4) is 0 Å². The summed E-state index contributed by atoms with van der Waals surface area (Å²) in [5, 5.41) is 7.60. The van der Waals surface area contributed by atoms with Gasteiger partial charge < -0.3 is 20.3 Å². The Balaban J connectivity index is 1.27. The van der Waals surface area contributed by atoms with E-state index >= 15 is 0 Å². The number of nitrogens with one attached hydrogen (secondary N) is 2. The molecule has 1 saturated heterocycles. The maximum Gasteiger partial charge on any atom is 0.256 e. The van der Waals surface area contributed by atoms with Crippen LogP contribution in [0.1, 0.15) is 50.9 Å². The highest BCUT2D eigenvalue weighted by molar-refractivity contribution is 6.35. The molecule has 6 nitrogen and oxygen atoms in total. The number of rotatable bonds is 8. The Bertz CT molecular complexity index is 1280. The second kappa shape index (κ2) is 10.9. The van der Waals surface area contributed by atoms with E-state index in [0.717, 1.165) is 36.3 Å². The van der Waals surface area contributed by atoms with Crippen molar-refractivity contribution in [2.24, 2.45) is 0 Å². The van der Waals surface area contributed by atoms with E-state index in [1.807, 2.05) is 47.4 Å². The Kier molecular flexibility index (Phi) is 7.46. The van der Waals surface area contributed by atoms with Crippen LogP contribution in [-0.2, 0) is 11.2 Å². The predicted molar refractivity (Wildman–Crippen MR) is 142 cm³/mol. The Morgan fingerprint density at radius 1 is 1.06 bits per heavy atom. The Labute approximate surface area is 220 Å². The van der Waals surface area contributed by atoms with Gasteiger partial charge in [-0.25, -0.2) is 0 Å². The smallest absolute Gasteiger partial charge is 0.256 e. The number of benzene rings is 3. The molecule has 0 radical (unpaired) electrons. The molecule has 3 aromatic rings. The van der Waals surface area contributed by atoms with Gasteiger partial charge in [0.1, 0.15) is 6.17 Å². The second-order valence-electron chi connectivity index (χ2n) is 9.05. The third-order valence-electron chi connectivity index (χ3n) is 6.61. The quantitative estimate of drug-likeness (QED) is 0.396. The molecule has 2 heterocycles. The minimum absolute atomic E-state index is 0.00615. The summed E-state index contributed by atoms with van der Waals surface area (Å²) in [6.45, 7) is 1.70. The van der Waals surface area contributed by atoms with Gasteiger partial charge in [-0.15, -0.1) is 0 Å². The first-order valence-electron chi connectivity index (χ1n) is 12.1. The van der Waals surface area contributed by atoms with Crippen LogP contribution in [0.2, 0.25) is 10.0 Å². The normalized spacial score (nSPS) is 18.8. The SMILES string of the molecule is O=C(NCCc1ccc(Cl)cc1Cl)c1cccc(NC2c3ccccc3C(=O)N2CC2CCCO2)c1. The van der Waals surface area contributed by atoms with Crippen molar-refractivity contribution >= 4 is 40.7 Å². The van der Waals surface area contributed by atoms with Crippen LogP contribution in [-0.4, -0.2) is 42.5 Å². The molecule has 36 heavy (non-hydrogen) atoms. The van der Waals surface area contributed by atoms with Crippen molar-refractivity contribution in [3.05, 3.63) is 99.0 Å². The molecule has 0 bridgehead atoms. The Morgan fingerprint density at radius 3 is 2.72 bits per heavy atom. The molecule has 2 atom stereocenters. The van der Waals surface area contributed by atoms with Crippen molar-refractivity contribution in [2.45, 2.75) is 31.5 Å². The molecule has 3 aromatic carbocycles. The highest BCUT2D eigenvalue weighted by Gasteiger charge is 2.38. The summed E-state index contributed by atoms with van der Waals surface area (Å²) in [5.41, 5.74) is 3.84. The van der Waals surface area contributed by atoms with Crippen molar-refractivity contribution in [3.8, 4) is 0 Å². The predicted octanol–water partition coefficient (Wildman–Crippen LogP) is 5.71. The van der Waals surface area contributed by atoms with Gasteiger partial charge in [-0.1, -0.05) is 53.5 Å². The maximum absolute atomic E-state index is 13.2. The van der Waals surface area contributed by atoms with Crippen LogP contribution in [0.25, 0.3) is 0 Å². The zero-order chi connectivity index (χ0) is 25.1. The topological polar surface area (TPSA) is 70.7 Å². The van der Waals surface area contributed by atoms with Crippen molar-refractivity contribution in [3.63, 3.8) is 0 Å². The van der Waals surface area contributed by atoms with Crippen LogP contribution in [0.4, 0.5) is 5.69 Å². The van der Waals surface area contributed by atoms with Crippen LogP contribution in [0, 0.1) is 0 Å². The van der Waals surface area contributed by atoms with Gasteiger partial charge in [0.15, 0.2) is 0 Å². The van der Waals surface area contributed by atoms with Gasteiger partial charge in [0.05, 0.1) is 6.10 Å². The van der Waals surface area contributed by atoms with E-state index in [2.05, 4.69) is 10.6 Å². The summed E-state index contributed by atoms with van der Waals surface area (Å²) in [5.74, 6) is -0.184. The number of nitrogens with zero attached hydrogens (tertiary/aromatic N) is 1. The Morgan fingerprint density at radius 2 is 1.92 bits per heavy atom. The minimum atomic E-state index is -0.330. The van der Waals surface area contributed by atoms with E-state index in [-0.39, 0.29) is 24.1 Å². The summed E-state index contributed by atoms with van der Waals surface area (Å²) >= 11 is 12.2. The number of hydrogen-bond donors (Lipinski definition) is 2. The van der Waals surface area contributed by atoms with Gasteiger partial charge in [0.2, 0.25) is 0 Å². The molecule has 2 unspecified atom stereocenters. The number of carbonyl (C=O) groups excluding carboxylic acids is 2. The van der Waals surface area contributed by atoms with E-state index < -0.39 is 0 Å². The molecule has 0 saturated carbocycles.